The Hall–Kier alpha value is -1.24. The Morgan fingerprint density at radius 1 is 1.47 bits per heavy atom. The van der Waals surface area contributed by atoms with E-state index < -0.39 is 15.8 Å². The van der Waals surface area contributed by atoms with Crippen LogP contribution in [0, 0.1) is 5.95 Å². The number of nitrogens with one attached hydrogen (secondary N) is 1. The van der Waals surface area contributed by atoms with Gasteiger partial charge in [0.15, 0.2) is 9.84 Å². The SMILES string of the molecule is O=S1(=O)CCC(Nc2cc(F)ncn2)C1. The van der Waals surface area contributed by atoms with Crippen LogP contribution in [0.5, 0.6) is 0 Å². The number of nitrogens with zero attached hydrogens (tertiary/aromatic N) is 2. The molecule has 1 atom stereocenters. The molecule has 1 aromatic heterocycles. The molecule has 5 nitrogen and oxygen atoms in total. The molecule has 82 valence electrons. The molecule has 15 heavy (non-hydrogen) atoms. The van der Waals surface area contributed by atoms with Gasteiger partial charge in [0.2, 0.25) is 5.95 Å². The third-order valence-electron chi connectivity index (χ3n) is 2.22. The van der Waals surface area contributed by atoms with Gasteiger partial charge in [0, 0.05) is 12.1 Å². The van der Waals surface area contributed by atoms with E-state index in [4.69, 9.17) is 0 Å². The van der Waals surface area contributed by atoms with Crippen LogP contribution in [0.15, 0.2) is 12.4 Å². The predicted octanol–water partition coefficient (Wildman–Crippen LogP) is 0.215. The lowest BCUT2D eigenvalue weighted by Gasteiger charge is -2.10. The van der Waals surface area contributed by atoms with Crippen molar-refractivity contribution in [1.29, 1.82) is 0 Å². The van der Waals surface area contributed by atoms with Gasteiger partial charge in [-0.05, 0) is 6.42 Å². The van der Waals surface area contributed by atoms with Crippen molar-refractivity contribution in [3.63, 3.8) is 0 Å². The normalized spacial score (nSPS) is 23.9. The second-order valence-electron chi connectivity index (χ2n) is 3.47. The molecule has 2 heterocycles. The molecule has 0 amide bonds. The van der Waals surface area contributed by atoms with Crippen LogP contribution in [-0.2, 0) is 9.84 Å². The molecule has 1 aliphatic heterocycles. The molecule has 1 unspecified atom stereocenters. The Kier molecular flexibility index (Phi) is 2.56. The Bertz CT molecular complexity index is 463. The van der Waals surface area contributed by atoms with E-state index in [2.05, 4.69) is 15.3 Å². The van der Waals surface area contributed by atoms with E-state index in [9.17, 15) is 12.8 Å². The third kappa shape index (κ3) is 2.62. The van der Waals surface area contributed by atoms with Crippen molar-refractivity contribution >= 4 is 15.7 Å². The van der Waals surface area contributed by atoms with E-state index in [0.717, 1.165) is 12.4 Å². The monoisotopic (exact) mass is 231 g/mol. The first kappa shape index (κ1) is 10.3. The van der Waals surface area contributed by atoms with Crippen molar-refractivity contribution in [1.82, 2.24) is 9.97 Å². The Morgan fingerprint density at radius 2 is 2.27 bits per heavy atom. The van der Waals surface area contributed by atoms with Gasteiger partial charge in [-0.25, -0.2) is 18.4 Å². The van der Waals surface area contributed by atoms with Gasteiger partial charge in [-0.2, -0.15) is 4.39 Å². The van der Waals surface area contributed by atoms with Gasteiger partial charge in [-0.3, -0.25) is 0 Å². The minimum absolute atomic E-state index is 0.0820. The summed E-state index contributed by atoms with van der Waals surface area (Å²) in [5.74, 6) is -0.0467. The van der Waals surface area contributed by atoms with Crippen LogP contribution in [0.1, 0.15) is 6.42 Å². The minimum atomic E-state index is -2.93. The molecule has 7 heteroatoms. The quantitative estimate of drug-likeness (QED) is 0.737. The second-order valence-corrected chi connectivity index (χ2v) is 5.70. The van der Waals surface area contributed by atoms with Gasteiger partial charge in [0.05, 0.1) is 11.5 Å². The van der Waals surface area contributed by atoms with Gasteiger partial charge in [0.25, 0.3) is 0 Å². The number of anilines is 1. The summed E-state index contributed by atoms with van der Waals surface area (Å²) in [5, 5.41) is 2.87. The van der Waals surface area contributed by atoms with Crippen molar-refractivity contribution in [2.75, 3.05) is 16.8 Å². The number of hydrogen-bond acceptors (Lipinski definition) is 5. The summed E-state index contributed by atoms with van der Waals surface area (Å²) in [4.78, 5) is 7.10. The maximum Gasteiger partial charge on any atom is 0.217 e. The van der Waals surface area contributed by atoms with Crippen LogP contribution >= 0.6 is 0 Å². The zero-order chi connectivity index (χ0) is 10.9. The maximum atomic E-state index is 12.7. The number of halogens is 1. The van der Waals surface area contributed by atoms with Gasteiger partial charge in [-0.1, -0.05) is 0 Å². The molecule has 1 aromatic rings. The van der Waals surface area contributed by atoms with E-state index in [1.165, 1.54) is 0 Å². The fourth-order valence-corrected chi connectivity index (χ4v) is 3.20. The van der Waals surface area contributed by atoms with Gasteiger partial charge >= 0.3 is 0 Å². The van der Waals surface area contributed by atoms with Crippen LogP contribution < -0.4 is 5.32 Å². The summed E-state index contributed by atoms with van der Waals surface area (Å²) in [7, 11) is -2.93. The number of sulfone groups is 1. The van der Waals surface area contributed by atoms with Crippen molar-refractivity contribution < 1.29 is 12.8 Å². The van der Waals surface area contributed by atoms with Crippen molar-refractivity contribution in [3.05, 3.63) is 18.3 Å². The summed E-state index contributed by atoms with van der Waals surface area (Å²) in [5.41, 5.74) is 0. The molecule has 1 N–H and O–H groups in total. The topological polar surface area (TPSA) is 72.0 Å². The molecule has 0 bridgehead atoms. The standard InChI is InChI=1S/C8H10FN3O2S/c9-7-3-8(11-5-10-7)12-6-1-2-15(13,14)4-6/h3,5-6H,1-2,4H2,(H,10,11,12). The molecule has 1 aliphatic rings. The molecule has 0 aromatic carbocycles. The second kappa shape index (κ2) is 3.73. The maximum absolute atomic E-state index is 12.7. The van der Waals surface area contributed by atoms with E-state index >= 15 is 0 Å². The summed E-state index contributed by atoms with van der Waals surface area (Å²) in [6.45, 7) is 0. The molecular formula is C8H10FN3O2S. The highest BCUT2D eigenvalue weighted by atomic mass is 32.2. The average Bonchev–Trinajstić information content (AvgIpc) is 2.45. The molecular weight excluding hydrogens is 221 g/mol. The summed E-state index contributed by atoms with van der Waals surface area (Å²) < 4.78 is 35.0. The van der Waals surface area contributed by atoms with E-state index in [0.29, 0.717) is 12.2 Å². The highest BCUT2D eigenvalue weighted by Crippen LogP contribution is 2.15. The fraction of sp³-hybridized carbons (Fsp3) is 0.500. The van der Waals surface area contributed by atoms with Crippen LogP contribution in [0.2, 0.25) is 0 Å². The zero-order valence-electron chi connectivity index (χ0n) is 7.85. The van der Waals surface area contributed by atoms with Gasteiger partial charge in [-0.15, -0.1) is 0 Å². The number of hydrogen-bond donors (Lipinski definition) is 1. The molecule has 1 fully saturated rings. The zero-order valence-corrected chi connectivity index (χ0v) is 8.67. The Balaban J connectivity index is 2.05. The van der Waals surface area contributed by atoms with Gasteiger partial charge < -0.3 is 5.32 Å². The highest BCUT2D eigenvalue weighted by molar-refractivity contribution is 7.91. The van der Waals surface area contributed by atoms with Gasteiger partial charge in [0.1, 0.15) is 12.1 Å². The summed E-state index contributed by atoms with van der Waals surface area (Å²) in [6.07, 6.45) is 1.63. The molecule has 1 saturated heterocycles. The Morgan fingerprint density at radius 3 is 2.87 bits per heavy atom. The van der Waals surface area contributed by atoms with Crippen LogP contribution in [0.3, 0.4) is 0 Å². The average molecular weight is 231 g/mol. The molecule has 2 rings (SSSR count). The summed E-state index contributed by atoms with van der Waals surface area (Å²) in [6, 6.07) is 0.967. The van der Waals surface area contributed by atoms with Crippen molar-refractivity contribution in [3.8, 4) is 0 Å². The Labute approximate surface area is 86.7 Å². The third-order valence-corrected chi connectivity index (χ3v) is 3.99. The fourth-order valence-electron chi connectivity index (χ4n) is 1.53. The highest BCUT2D eigenvalue weighted by Gasteiger charge is 2.27. The van der Waals surface area contributed by atoms with Crippen molar-refractivity contribution in [2.24, 2.45) is 0 Å². The molecule has 0 spiro atoms. The van der Waals surface area contributed by atoms with Crippen LogP contribution in [0.4, 0.5) is 10.2 Å². The molecule has 0 aliphatic carbocycles. The number of aromatic nitrogens is 2. The number of rotatable bonds is 2. The first-order valence-corrected chi connectivity index (χ1v) is 6.32. The summed E-state index contributed by atoms with van der Waals surface area (Å²) >= 11 is 0. The van der Waals surface area contributed by atoms with Crippen molar-refractivity contribution in [2.45, 2.75) is 12.5 Å². The minimum Gasteiger partial charge on any atom is -0.366 e. The van der Waals surface area contributed by atoms with E-state index in [-0.39, 0.29) is 17.5 Å². The van der Waals surface area contributed by atoms with Crippen LogP contribution in [0.25, 0.3) is 0 Å². The first-order valence-electron chi connectivity index (χ1n) is 4.50. The first-order chi connectivity index (χ1) is 7.05. The van der Waals surface area contributed by atoms with Crippen LogP contribution in [-0.4, -0.2) is 35.9 Å². The smallest absolute Gasteiger partial charge is 0.217 e. The lowest BCUT2D eigenvalue weighted by Crippen LogP contribution is -2.21. The predicted molar refractivity (Wildman–Crippen MR) is 52.7 cm³/mol. The lowest BCUT2D eigenvalue weighted by atomic mass is 10.2. The molecule has 0 radical (unpaired) electrons. The van der Waals surface area contributed by atoms with E-state index in [1.54, 1.807) is 0 Å². The largest absolute Gasteiger partial charge is 0.366 e. The van der Waals surface area contributed by atoms with E-state index in [1.807, 2.05) is 0 Å². The lowest BCUT2D eigenvalue weighted by molar-refractivity contribution is 0.579. The molecule has 0 saturated carbocycles.